The molecule has 0 amide bonds. The Hall–Kier alpha value is -0.220. The molecule has 0 aromatic rings. The van der Waals surface area contributed by atoms with Crippen molar-refractivity contribution in [1.82, 2.24) is 10.6 Å². The zero-order chi connectivity index (χ0) is 7.98. The highest BCUT2D eigenvalue weighted by atomic mass is 33.1. The lowest BCUT2D eigenvalue weighted by Gasteiger charge is -2.04. The molecule has 58 valence electrons. The Morgan fingerprint density at radius 1 is 1.00 bits per heavy atom. The highest BCUT2D eigenvalue weighted by molar-refractivity contribution is 8.79. The van der Waals surface area contributed by atoms with Crippen molar-refractivity contribution in [1.29, 1.82) is 0 Å². The second-order valence-electron chi connectivity index (χ2n) is 1.51. The van der Waals surface area contributed by atoms with Crippen LogP contribution in [0.4, 0.5) is 0 Å². The van der Waals surface area contributed by atoms with E-state index < -0.39 is 0 Å². The van der Waals surface area contributed by atoms with E-state index in [-0.39, 0.29) is 0 Å². The van der Waals surface area contributed by atoms with Crippen LogP contribution in [-0.4, -0.2) is 14.1 Å². The van der Waals surface area contributed by atoms with Gasteiger partial charge in [-0.05, 0) is 21.6 Å². The normalized spacial score (nSPS) is 8.60. The van der Waals surface area contributed by atoms with Crippen LogP contribution in [0.15, 0.2) is 23.2 Å². The zero-order valence-electron chi connectivity index (χ0n) is 6.23. The van der Waals surface area contributed by atoms with E-state index in [0.29, 0.717) is 0 Å². The van der Waals surface area contributed by atoms with Crippen molar-refractivity contribution in [2.75, 3.05) is 14.1 Å². The summed E-state index contributed by atoms with van der Waals surface area (Å²) < 4.78 is 0. The summed E-state index contributed by atoms with van der Waals surface area (Å²) in [5.74, 6) is 0. The highest BCUT2D eigenvalue weighted by Crippen LogP contribution is 2.30. The Balaban J connectivity index is 3.35. The van der Waals surface area contributed by atoms with Gasteiger partial charge in [-0.1, -0.05) is 13.2 Å². The molecule has 0 aliphatic carbocycles. The molecule has 0 fully saturated rings. The highest BCUT2D eigenvalue weighted by Gasteiger charge is 1.93. The van der Waals surface area contributed by atoms with Gasteiger partial charge in [-0.15, -0.1) is 0 Å². The maximum atomic E-state index is 3.74. The van der Waals surface area contributed by atoms with Gasteiger partial charge in [0.25, 0.3) is 0 Å². The quantitative estimate of drug-likeness (QED) is 0.623. The predicted molar refractivity (Wildman–Crippen MR) is 51.6 cm³/mol. The smallest absolute Gasteiger partial charge is 0.0717 e. The van der Waals surface area contributed by atoms with Gasteiger partial charge in [-0.25, -0.2) is 0 Å². The minimum absolute atomic E-state index is 0.932. The van der Waals surface area contributed by atoms with Gasteiger partial charge >= 0.3 is 0 Å². The maximum absolute atomic E-state index is 3.74. The lowest BCUT2D eigenvalue weighted by Crippen LogP contribution is -2.01. The Kier molecular flexibility index (Phi) is 5.43. The van der Waals surface area contributed by atoms with Crippen LogP contribution in [0.5, 0.6) is 0 Å². The topological polar surface area (TPSA) is 24.1 Å². The van der Waals surface area contributed by atoms with Gasteiger partial charge in [-0.2, -0.15) is 0 Å². The molecular formula is C6H12N2S2. The summed E-state index contributed by atoms with van der Waals surface area (Å²) in [6, 6.07) is 0. The Labute approximate surface area is 69.9 Å². The van der Waals surface area contributed by atoms with E-state index >= 15 is 0 Å². The van der Waals surface area contributed by atoms with Crippen LogP contribution < -0.4 is 10.6 Å². The summed E-state index contributed by atoms with van der Waals surface area (Å²) in [7, 11) is 6.81. The fraction of sp³-hybridized carbons (Fsp3) is 0.333. The molecule has 0 spiro atoms. The molecule has 0 aliphatic heterocycles. The summed E-state index contributed by atoms with van der Waals surface area (Å²) in [5.41, 5.74) is 0. The second-order valence-corrected chi connectivity index (χ2v) is 3.83. The molecule has 0 atom stereocenters. The minimum atomic E-state index is 0.932. The van der Waals surface area contributed by atoms with E-state index in [0.717, 1.165) is 10.1 Å². The third-order valence-electron chi connectivity index (χ3n) is 0.801. The average molecular weight is 176 g/mol. The second kappa shape index (κ2) is 5.56. The van der Waals surface area contributed by atoms with Crippen LogP contribution in [0.25, 0.3) is 0 Å². The van der Waals surface area contributed by atoms with Crippen LogP contribution in [-0.2, 0) is 0 Å². The number of hydrogen-bond donors (Lipinski definition) is 2. The molecule has 0 aliphatic rings. The number of nitrogens with one attached hydrogen (secondary N) is 2. The van der Waals surface area contributed by atoms with Crippen molar-refractivity contribution in [2.24, 2.45) is 0 Å². The summed E-state index contributed by atoms with van der Waals surface area (Å²) >= 11 is 0. The molecule has 4 heteroatoms. The summed E-state index contributed by atoms with van der Waals surface area (Å²) in [6.45, 7) is 7.48. The van der Waals surface area contributed by atoms with E-state index in [2.05, 4.69) is 23.8 Å². The molecule has 0 bridgehead atoms. The van der Waals surface area contributed by atoms with E-state index in [9.17, 15) is 0 Å². The summed E-state index contributed by atoms with van der Waals surface area (Å²) in [4.78, 5) is 0. The van der Waals surface area contributed by atoms with Gasteiger partial charge in [0, 0.05) is 14.1 Å². The third-order valence-corrected chi connectivity index (χ3v) is 3.15. The molecule has 0 rings (SSSR count). The molecule has 0 aromatic heterocycles. The molecule has 0 radical (unpaired) electrons. The van der Waals surface area contributed by atoms with Gasteiger partial charge < -0.3 is 10.6 Å². The Morgan fingerprint density at radius 3 is 1.50 bits per heavy atom. The number of rotatable bonds is 5. The van der Waals surface area contributed by atoms with Crippen molar-refractivity contribution >= 4 is 21.6 Å². The first-order chi connectivity index (χ1) is 4.70. The standard InChI is InChI=1S/C6H12N2S2/c1-5(7-3)9-10-6(2)8-4/h7-8H,1-2H2,3-4H3. The predicted octanol–water partition coefficient (Wildman–Crippen LogP) is 1.75. The van der Waals surface area contributed by atoms with Crippen molar-refractivity contribution < 1.29 is 0 Å². The van der Waals surface area contributed by atoms with Gasteiger partial charge in [0.2, 0.25) is 0 Å². The first-order valence-corrected chi connectivity index (χ1v) is 4.93. The molecular weight excluding hydrogens is 164 g/mol. The van der Waals surface area contributed by atoms with Gasteiger partial charge in [0.1, 0.15) is 0 Å². The molecule has 10 heavy (non-hydrogen) atoms. The first-order valence-electron chi connectivity index (χ1n) is 2.78. The van der Waals surface area contributed by atoms with Crippen LogP contribution in [0.2, 0.25) is 0 Å². The Morgan fingerprint density at radius 2 is 1.30 bits per heavy atom. The largest absolute Gasteiger partial charge is 0.383 e. The molecule has 0 saturated heterocycles. The SMILES string of the molecule is C=C(NC)SSC(=C)NC. The van der Waals surface area contributed by atoms with E-state index in [4.69, 9.17) is 0 Å². The fourth-order valence-corrected chi connectivity index (χ4v) is 1.66. The molecule has 2 nitrogen and oxygen atoms in total. The van der Waals surface area contributed by atoms with E-state index in [1.165, 1.54) is 0 Å². The molecule has 0 heterocycles. The number of hydrogen-bond acceptors (Lipinski definition) is 4. The molecule has 0 saturated carbocycles. The zero-order valence-corrected chi connectivity index (χ0v) is 7.86. The lowest BCUT2D eigenvalue weighted by atomic mass is 11.0. The van der Waals surface area contributed by atoms with Crippen molar-refractivity contribution in [3.05, 3.63) is 23.2 Å². The Bertz CT molecular complexity index is 118. The fourth-order valence-electron chi connectivity index (χ4n) is 0.184. The van der Waals surface area contributed by atoms with Crippen LogP contribution >= 0.6 is 21.6 Å². The third kappa shape index (κ3) is 4.64. The van der Waals surface area contributed by atoms with Crippen molar-refractivity contribution in [2.45, 2.75) is 0 Å². The van der Waals surface area contributed by atoms with Crippen molar-refractivity contribution in [3.63, 3.8) is 0 Å². The molecule has 0 aromatic carbocycles. The minimum Gasteiger partial charge on any atom is -0.383 e. The van der Waals surface area contributed by atoms with Crippen LogP contribution in [0, 0.1) is 0 Å². The summed E-state index contributed by atoms with van der Waals surface area (Å²) in [6.07, 6.45) is 0. The van der Waals surface area contributed by atoms with Gasteiger partial charge in [-0.3, -0.25) is 0 Å². The van der Waals surface area contributed by atoms with E-state index in [1.807, 2.05) is 14.1 Å². The van der Waals surface area contributed by atoms with Crippen molar-refractivity contribution in [3.8, 4) is 0 Å². The van der Waals surface area contributed by atoms with Crippen LogP contribution in [0.3, 0.4) is 0 Å². The monoisotopic (exact) mass is 176 g/mol. The molecule has 2 N–H and O–H groups in total. The van der Waals surface area contributed by atoms with Gasteiger partial charge in [0.05, 0.1) is 10.1 Å². The lowest BCUT2D eigenvalue weighted by molar-refractivity contribution is 1.08. The molecule has 0 unspecified atom stereocenters. The first kappa shape index (κ1) is 9.78. The van der Waals surface area contributed by atoms with Crippen LogP contribution in [0.1, 0.15) is 0 Å². The van der Waals surface area contributed by atoms with E-state index in [1.54, 1.807) is 21.6 Å². The summed E-state index contributed by atoms with van der Waals surface area (Å²) in [5, 5.41) is 7.71. The maximum Gasteiger partial charge on any atom is 0.0717 e. The van der Waals surface area contributed by atoms with Gasteiger partial charge in [0.15, 0.2) is 0 Å². The average Bonchev–Trinajstić information content (AvgIpc) is 1.99.